The summed E-state index contributed by atoms with van der Waals surface area (Å²) in [6.07, 6.45) is 12.2. The highest BCUT2D eigenvalue weighted by atomic mass is 16.3. The second-order valence-electron chi connectivity index (χ2n) is 7.90. The van der Waals surface area contributed by atoms with E-state index >= 15 is 0 Å². The Morgan fingerprint density at radius 3 is 2.16 bits per heavy atom. The lowest BCUT2D eigenvalue weighted by atomic mass is 9.98. The van der Waals surface area contributed by atoms with Gasteiger partial charge in [-0.25, -0.2) is 0 Å². The Balaban J connectivity index is 1.59. The van der Waals surface area contributed by atoms with Crippen molar-refractivity contribution in [2.45, 2.75) is 6.54 Å². The van der Waals surface area contributed by atoms with E-state index in [9.17, 15) is 5.11 Å². The fourth-order valence-electron chi connectivity index (χ4n) is 4.67. The van der Waals surface area contributed by atoms with Crippen molar-refractivity contribution in [1.29, 1.82) is 0 Å². The molecule has 0 aliphatic rings. The minimum Gasteiger partial charge on any atom is -0.395 e. The zero-order valence-electron chi connectivity index (χ0n) is 17.4. The average Bonchev–Trinajstić information content (AvgIpc) is 3.55. The van der Waals surface area contributed by atoms with Crippen LogP contribution in [0.4, 0.5) is 0 Å². The lowest BCUT2D eigenvalue weighted by molar-refractivity contribution is 0.278. The van der Waals surface area contributed by atoms with Gasteiger partial charge in [0.05, 0.1) is 24.0 Å². The summed E-state index contributed by atoms with van der Waals surface area (Å²) >= 11 is 0. The van der Waals surface area contributed by atoms with Crippen LogP contribution in [0.2, 0.25) is 0 Å². The van der Waals surface area contributed by atoms with E-state index in [-0.39, 0.29) is 6.61 Å². The van der Waals surface area contributed by atoms with Crippen molar-refractivity contribution in [3.05, 3.63) is 97.8 Å². The van der Waals surface area contributed by atoms with Crippen LogP contribution < -0.4 is 0 Å². The number of hydrogen-bond donors (Lipinski definition) is 2. The maximum absolute atomic E-state index is 9.55. The number of hydrogen-bond acceptors (Lipinski definition) is 2. The van der Waals surface area contributed by atoms with Crippen LogP contribution in [0, 0.1) is 0 Å². The number of nitrogens with one attached hydrogen (secondary N) is 1. The van der Waals surface area contributed by atoms with Gasteiger partial charge in [-0.3, -0.25) is 4.98 Å². The Hall–Kier alpha value is -4.09. The van der Waals surface area contributed by atoms with E-state index in [0.29, 0.717) is 6.54 Å². The van der Waals surface area contributed by atoms with Gasteiger partial charge in [0.1, 0.15) is 0 Å². The quantitative estimate of drug-likeness (QED) is 0.381. The van der Waals surface area contributed by atoms with Crippen LogP contribution in [0.3, 0.4) is 0 Å². The first-order valence-corrected chi connectivity index (χ1v) is 10.7. The van der Waals surface area contributed by atoms with Crippen molar-refractivity contribution in [3.63, 3.8) is 0 Å². The number of fused-ring (bicyclic) bond motifs is 2. The minimum atomic E-state index is 0.108. The molecule has 0 aliphatic carbocycles. The van der Waals surface area contributed by atoms with Crippen molar-refractivity contribution in [3.8, 4) is 27.9 Å². The van der Waals surface area contributed by atoms with Crippen molar-refractivity contribution < 1.29 is 5.11 Å². The number of aliphatic hydroxyl groups is 1. The van der Waals surface area contributed by atoms with Crippen LogP contribution in [-0.4, -0.2) is 30.8 Å². The molecule has 4 aromatic heterocycles. The molecule has 0 aliphatic heterocycles. The molecule has 5 nitrogen and oxygen atoms in total. The van der Waals surface area contributed by atoms with Gasteiger partial charge in [-0.2, -0.15) is 0 Å². The van der Waals surface area contributed by atoms with E-state index in [1.54, 1.807) is 6.20 Å². The third kappa shape index (κ3) is 2.87. The fourth-order valence-corrected chi connectivity index (χ4v) is 4.67. The second-order valence-corrected chi connectivity index (χ2v) is 7.90. The van der Waals surface area contributed by atoms with Crippen LogP contribution in [0.15, 0.2) is 97.8 Å². The summed E-state index contributed by atoms with van der Waals surface area (Å²) in [5.41, 5.74) is 7.92. The first kappa shape index (κ1) is 18.7. The molecule has 0 spiro atoms. The normalized spacial score (nSPS) is 11.5. The molecule has 156 valence electrons. The molecule has 0 atom stereocenters. The van der Waals surface area contributed by atoms with Crippen LogP contribution in [0.1, 0.15) is 0 Å². The van der Waals surface area contributed by atoms with E-state index in [4.69, 9.17) is 0 Å². The molecule has 4 heterocycles. The summed E-state index contributed by atoms with van der Waals surface area (Å²) in [5.74, 6) is 0. The standard InChI is InChI=1S/C27H22N4O/c32-13-12-30-17-24(20-7-1-3-9-26(20)30)22-15-29-16-23(22)25-18-31(19-6-5-11-28-14-19)27-10-4-2-8-21(25)27/h1-11,14-18,29,32H,12-13H2. The van der Waals surface area contributed by atoms with Crippen molar-refractivity contribution in [2.24, 2.45) is 0 Å². The van der Waals surface area contributed by atoms with Crippen LogP contribution in [0.5, 0.6) is 0 Å². The lowest BCUT2D eigenvalue weighted by Crippen LogP contribution is -1.99. The second kappa shape index (κ2) is 7.55. The van der Waals surface area contributed by atoms with Gasteiger partial charge < -0.3 is 19.2 Å². The van der Waals surface area contributed by atoms with Crippen molar-refractivity contribution >= 4 is 21.8 Å². The van der Waals surface area contributed by atoms with Crippen molar-refractivity contribution in [2.75, 3.05) is 6.61 Å². The lowest BCUT2D eigenvalue weighted by Gasteiger charge is -2.03. The molecular weight excluding hydrogens is 396 g/mol. The predicted molar refractivity (Wildman–Crippen MR) is 129 cm³/mol. The summed E-state index contributed by atoms with van der Waals surface area (Å²) in [6, 6.07) is 20.9. The molecule has 0 unspecified atom stereocenters. The number of rotatable bonds is 5. The molecule has 0 saturated heterocycles. The molecule has 6 rings (SSSR count). The molecular formula is C27H22N4O. The summed E-state index contributed by atoms with van der Waals surface area (Å²) in [6.45, 7) is 0.678. The monoisotopic (exact) mass is 418 g/mol. The first-order chi connectivity index (χ1) is 15.8. The summed E-state index contributed by atoms with van der Waals surface area (Å²) < 4.78 is 4.32. The Bertz CT molecular complexity index is 1540. The Kier molecular flexibility index (Phi) is 4.40. The maximum atomic E-state index is 9.55. The summed E-state index contributed by atoms with van der Waals surface area (Å²) in [5, 5.41) is 11.9. The van der Waals surface area contributed by atoms with Crippen LogP contribution >= 0.6 is 0 Å². The fraction of sp³-hybridized carbons (Fsp3) is 0.0741. The number of H-pyrrole nitrogens is 1. The molecule has 0 radical (unpaired) electrons. The Morgan fingerprint density at radius 2 is 1.44 bits per heavy atom. The molecule has 2 N–H and O–H groups in total. The predicted octanol–water partition coefficient (Wildman–Crippen LogP) is 5.63. The number of pyridine rings is 1. The molecule has 0 saturated carbocycles. The van der Waals surface area contributed by atoms with E-state index < -0.39 is 0 Å². The Labute approximate surface area is 185 Å². The van der Waals surface area contributed by atoms with E-state index in [2.05, 4.69) is 92.4 Å². The SMILES string of the molecule is OCCn1cc(-c2c[nH]cc2-c2cn(-c3cccnc3)c3ccccc23)c2ccccc21. The van der Waals surface area contributed by atoms with Gasteiger partial charge in [-0.05, 0) is 24.3 Å². The third-order valence-electron chi connectivity index (χ3n) is 6.09. The van der Waals surface area contributed by atoms with E-state index in [1.807, 2.05) is 18.3 Å². The Morgan fingerprint density at radius 1 is 0.750 bits per heavy atom. The van der Waals surface area contributed by atoms with Crippen LogP contribution in [-0.2, 0) is 6.54 Å². The van der Waals surface area contributed by atoms with Gasteiger partial charge in [0.15, 0.2) is 0 Å². The zero-order chi connectivity index (χ0) is 21.5. The van der Waals surface area contributed by atoms with Crippen LogP contribution in [0.25, 0.3) is 49.7 Å². The number of para-hydroxylation sites is 2. The summed E-state index contributed by atoms with van der Waals surface area (Å²) in [4.78, 5) is 7.64. The topological polar surface area (TPSA) is 58.8 Å². The average molecular weight is 419 g/mol. The molecule has 0 fully saturated rings. The number of aliphatic hydroxyl groups excluding tert-OH is 1. The van der Waals surface area contributed by atoms with E-state index in [0.717, 1.165) is 33.4 Å². The molecule has 32 heavy (non-hydrogen) atoms. The summed E-state index contributed by atoms with van der Waals surface area (Å²) in [7, 11) is 0. The highest BCUT2D eigenvalue weighted by molar-refractivity contribution is 6.05. The third-order valence-corrected chi connectivity index (χ3v) is 6.09. The number of aromatic nitrogens is 4. The first-order valence-electron chi connectivity index (χ1n) is 10.7. The van der Waals surface area contributed by atoms with Gasteiger partial charge in [0.2, 0.25) is 0 Å². The number of aromatic amines is 1. The molecule has 0 amide bonds. The molecule has 5 heteroatoms. The van der Waals surface area contributed by atoms with Gasteiger partial charge in [0.25, 0.3) is 0 Å². The molecule has 0 bridgehead atoms. The van der Waals surface area contributed by atoms with Gasteiger partial charge in [-0.15, -0.1) is 0 Å². The number of benzene rings is 2. The van der Waals surface area contributed by atoms with Gasteiger partial charge in [-0.1, -0.05) is 36.4 Å². The highest BCUT2D eigenvalue weighted by Crippen LogP contribution is 2.41. The zero-order valence-corrected chi connectivity index (χ0v) is 17.4. The number of nitrogens with zero attached hydrogens (tertiary/aromatic N) is 3. The van der Waals surface area contributed by atoms with Gasteiger partial charge in [0, 0.05) is 76.1 Å². The van der Waals surface area contributed by atoms with Crippen molar-refractivity contribution in [1.82, 2.24) is 19.1 Å². The van der Waals surface area contributed by atoms with Gasteiger partial charge >= 0.3 is 0 Å². The smallest absolute Gasteiger partial charge is 0.0639 e. The minimum absolute atomic E-state index is 0.108. The molecule has 6 aromatic rings. The van der Waals surface area contributed by atoms with E-state index in [1.165, 1.54) is 16.3 Å². The highest BCUT2D eigenvalue weighted by Gasteiger charge is 2.18. The largest absolute Gasteiger partial charge is 0.395 e. The maximum Gasteiger partial charge on any atom is 0.0639 e. The molecule has 2 aromatic carbocycles.